The van der Waals surface area contributed by atoms with Gasteiger partial charge in [0.15, 0.2) is 0 Å². The largest absolute Gasteiger partial charge is 0.496 e. The molecule has 0 aliphatic carbocycles. The van der Waals surface area contributed by atoms with Crippen LogP contribution in [0.5, 0.6) is 5.75 Å². The molecule has 2 aromatic carbocycles. The first-order valence-electron chi connectivity index (χ1n) is 5.97. The maximum absolute atomic E-state index is 12.1. The number of methoxy groups -OCH3 is 1. The quantitative estimate of drug-likeness (QED) is 0.824. The zero-order valence-electron chi connectivity index (χ0n) is 10.7. The predicted molar refractivity (Wildman–Crippen MR) is 75.0 cm³/mol. The number of nitrogens with one attached hydrogen (secondary N) is 1. The summed E-state index contributed by atoms with van der Waals surface area (Å²) in [6.07, 6.45) is 0. The van der Waals surface area contributed by atoms with Crippen molar-refractivity contribution >= 4 is 11.6 Å². The van der Waals surface area contributed by atoms with Gasteiger partial charge in [0, 0.05) is 12.2 Å². The van der Waals surface area contributed by atoms with Crippen LogP contribution in [0.2, 0.25) is 0 Å². The number of hydrogen-bond acceptors (Lipinski definition) is 3. The van der Waals surface area contributed by atoms with Gasteiger partial charge in [-0.3, -0.25) is 4.79 Å². The second-order valence-corrected chi connectivity index (χ2v) is 4.08. The molecule has 0 aliphatic heterocycles. The first kappa shape index (κ1) is 13.0. The van der Waals surface area contributed by atoms with Gasteiger partial charge in [0.2, 0.25) is 0 Å². The van der Waals surface area contributed by atoms with Crippen LogP contribution in [-0.4, -0.2) is 13.0 Å². The maximum atomic E-state index is 12.1. The van der Waals surface area contributed by atoms with Crippen molar-refractivity contribution in [3.8, 4) is 5.75 Å². The summed E-state index contributed by atoms with van der Waals surface area (Å²) in [4.78, 5) is 12.1. The summed E-state index contributed by atoms with van der Waals surface area (Å²) in [5, 5.41) is 2.83. The third-order valence-corrected chi connectivity index (χ3v) is 2.85. The van der Waals surface area contributed by atoms with E-state index in [1.54, 1.807) is 25.3 Å². The molecule has 0 saturated carbocycles. The highest BCUT2D eigenvalue weighted by Gasteiger charge is 2.11. The normalized spacial score (nSPS) is 9.95. The molecular weight excluding hydrogens is 240 g/mol. The molecule has 0 aliphatic rings. The number of rotatable bonds is 4. The number of nitrogens with two attached hydrogens (primary N) is 1. The van der Waals surface area contributed by atoms with Gasteiger partial charge in [-0.15, -0.1) is 0 Å². The minimum Gasteiger partial charge on any atom is -0.496 e. The lowest BCUT2D eigenvalue weighted by molar-refractivity contribution is 0.0948. The van der Waals surface area contributed by atoms with Crippen LogP contribution in [0.3, 0.4) is 0 Å². The molecule has 0 spiro atoms. The Morgan fingerprint density at radius 2 is 1.84 bits per heavy atom. The molecule has 2 aromatic rings. The molecule has 1 amide bonds. The van der Waals surface area contributed by atoms with Gasteiger partial charge in [-0.1, -0.05) is 30.3 Å². The number of carbonyl (C=O) groups excluding carboxylic acids is 1. The average molecular weight is 256 g/mol. The van der Waals surface area contributed by atoms with Crippen molar-refractivity contribution < 1.29 is 9.53 Å². The molecule has 0 atom stereocenters. The SMILES string of the molecule is COc1ccccc1C(=O)NCc1ccccc1N. The van der Waals surface area contributed by atoms with Crippen molar-refractivity contribution in [2.24, 2.45) is 0 Å². The Bertz CT molecular complexity index is 582. The van der Waals surface area contributed by atoms with E-state index in [2.05, 4.69) is 5.32 Å². The van der Waals surface area contributed by atoms with Crippen LogP contribution in [-0.2, 0) is 6.54 Å². The number of nitrogen functional groups attached to an aromatic ring is 1. The Balaban J connectivity index is 2.08. The van der Waals surface area contributed by atoms with Crippen LogP contribution in [0.25, 0.3) is 0 Å². The minimum atomic E-state index is -0.180. The van der Waals surface area contributed by atoms with Gasteiger partial charge in [0.25, 0.3) is 5.91 Å². The zero-order valence-corrected chi connectivity index (χ0v) is 10.7. The van der Waals surface area contributed by atoms with E-state index in [0.29, 0.717) is 23.5 Å². The van der Waals surface area contributed by atoms with Crippen molar-refractivity contribution in [3.05, 3.63) is 59.7 Å². The Morgan fingerprint density at radius 1 is 1.16 bits per heavy atom. The van der Waals surface area contributed by atoms with E-state index in [-0.39, 0.29) is 5.91 Å². The van der Waals surface area contributed by atoms with Gasteiger partial charge in [0.1, 0.15) is 5.75 Å². The van der Waals surface area contributed by atoms with Gasteiger partial charge in [-0.05, 0) is 23.8 Å². The summed E-state index contributed by atoms with van der Waals surface area (Å²) in [7, 11) is 1.54. The third kappa shape index (κ3) is 3.04. The minimum absolute atomic E-state index is 0.180. The number of para-hydroxylation sites is 2. The number of ether oxygens (including phenoxy) is 1. The van der Waals surface area contributed by atoms with Crippen molar-refractivity contribution in [3.63, 3.8) is 0 Å². The van der Waals surface area contributed by atoms with E-state index in [1.807, 2.05) is 30.3 Å². The van der Waals surface area contributed by atoms with E-state index in [1.165, 1.54) is 0 Å². The number of anilines is 1. The summed E-state index contributed by atoms with van der Waals surface area (Å²) >= 11 is 0. The second kappa shape index (κ2) is 5.91. The lowest BCUT2D eigenvalue weighted by atomic mass is 10.1. The maximum Gasteiger partial charge on any atom is 0.255 e. The fraction of sp³-hybridized carbons (Fsp3) is 0.133. The summed E-state index contributed by atoms with van der Waals surface area (Å²) in [5.74, 6) is 0.377. The van der Waals surface area contributed by atoms with Crippen molar-refractivity contribution in [1.82, 2.24) is 5.32 Å². The number of carbonyl (C=O) groups is 1. The molecule has 4 nitrogen and oxygen atoms in total. The molecule has 0 unspecified atom stereocenters. The topological polar surface area (TPSA) is 64.3 Å². The van der Waals surface area contributed by atoms with Crippen molar-refractivity contribution in [2.45, 2.75) is 6.54 Å². The fourth-order valence-corrected chi connectivity index (χ4v) is 1.80. The lowest BCUT2D eigenvalue weighted by Gasteiger charge is -2.10. The van der Waals surface area contributed by atoms with E-state index >= 15 is 0 Å². The molecule has 4 heteroatoms. The van der Waals surface area contributed by atoms with E-state index in [9.17, 15) is 4.79 Å². The molecule has 3 N–H and O–H groups in total. The lowest BCUT2D eigenvalue weighted by Crippen LogP contribution is -2.23. The van der Waals surface area contributed by atoms with Crippen LogP contribution in [0.4, 0.5) is 5.69 Å². The number of hydrogen-bond donors (Lipinski definition) is 2. The summed E-state index contributed by atoms with van der Waals surface area (Å²) in [6, 6.07) is 14.6. The van der Waals surface area contributed by atoms with E-state index < -0.39 is 0 Å². The Labute approximate surface area is 112 Å². The van der Waals surface area contributed by atoms with Gasteiger partial charge >= 0.3 is 0 Å². The van der Waals surface area contributed by atoms with Gasteiger partial charge in [0.05, 0.1) is 12.7 Å². The second-order valence-electron chi connectivity index (χ2n) is 4.08. The van der Waals surface area contributed by atoms with E-state index in [0.717, 1.165) is 5.56 Å². The van der Waals surface area contributed by atoms with Crippen molar-refractivity contribution in [2.75, 3.05) is 12.8 Å². The molecule has 0 saturated heterocycles. The van der Waals surface area contributed by atoms with Crippen LogP contribution in [0, 0.1) is 0 Å². The Morgan fingerprint density at radius 3 is 2.58 bits per heavy atom. The molecule has 0 bridgehead atoms. The van der Waals surface area contributed by atoms with Crippen molar-refractivity contribution in [1.29, 1.82) is 0 Å². The van der Waals surface area contributed by atoms with Crippen LogP contribution >= 0.6 is 0 Å². The summed E-state index contributed by atoms with van der Waals surface area (Å²) < 4.78 is 5.16. The third-order valence-electron chi connectivity index (χ3n) is 2.85. The first-order chi connectivity index (χ1) is 9.22. The van der Waals surface area contributed by atoms with E-state index in [4.69, 9.17) is 10.5 Å². The fourth-order valence-electron chi connectivity index (χ4n) is 1.80. The highest BCUT2D eigenvalue weighted by Crippen LogP contribution is 2.17. The number of benzene rings is 2. The molecule has 0 fully saturated rings. The van der Waals surface area contributed by atoms with Gasteiger partial charge in [-0.25, -0.2) is 0 Å². The summed E-state index contributed by atoms with van der Waals surface area (Å²) in [6.45, 7) is 0.392. The monoisotopic (exact) mass is 256 g/mol. The standard InChI is InChI=1S/C15H16N2O2/c1-19-14-9-5-3-7-12(14)15(18)17-10-11-6-2-4-8-13(11)16/h2-9H,10,16H2,1H3,(H,17,18). The molecule has 0 aromatic heterocycles. The van der Waals surface area contributed by atoms with Crippen LogP contribution in [0.15, 0.2) is 48.5 Å². The highest BCUT2D eigenvalue weighted by atomic mass is 16.5. The average Bonchev–Trinajstić information content (AvgIpc) is 2.46. The zero-order chi connectivity index (χ0) is 13.7. The smallest absolute Gasteiger partial charge is 0.255 e. The molecule has 2 rings (SSSR count). The highest BCUT2D eigenvalue weighted by molar-refractivity contribution is 5.96. The first-order valence-corrected chi connectivity index (χ1v) is 5.97. The summed E-state index contributed by atoms with van der Waals surface area (Å²) in [5.41, 5.74) is 7.90. The van der Waals surface area contributed by atoms with Crippen LogP contribution < -0.4 is 15.8 Å². The van der Waals surface area contributed by atoms with Gasteiger partial charge < -0.3 is 15.8 Å². The van der Waals surface area contributed by atoms with Gasteiger partial charge in [-0.2, -0.15) is 0 Å². The number of amides is 1. The predicted octanol–water partition coefficient (Wildman–Crippen LogP) is 2.21. The Kier molecular flexibility index (Phi) is 4.03. The molecular formula is C15H16N2O2. The Hall–Kier alpha value is -2.49. The molecule has 98 valence electrons. The molecule has 19 heavy (non-hydrogen) atoms. The molecule has 0 radical (unpaired) electrons. The van der Waals surface area contributed by atoms with Crippen LogP contribution in [0.1, 0.15) is 15.9 Å². The molecule has 0 heterocycles.